The van der Waals surface area contributed by atoms with Crippen LogP contribution in [0.5, 0.6) is 6.01 Å². The average Bonchev–Trinajstić information content (AvgIpc) is 3.53. The number of ether oxygens (including phenoxy) is 2. The summed E-state index contributed by atoms with van der Waals surface area (Å²) < 4.78 is 16.6. The lowest BCUT2D eigenvalue weighted by atomic mass is 9.99. The molecule has 0 amide bonds. The van der Waals surface area contributed by atoms with Gasteiger partial charge in [-0.25, -0.2) is 0 Å². The first-order valence-corrected chi connectivity index (χ1v) is 12.4. The molecule has 3 unspecified atom stereocenters. The van der Waals surface area contributed by atoms with Gasteiger partial charge in [-0.1, -0.05) is 53.1 Å². The van der Waals surface area contributed by atoms with Crippen LogP contribution in [0.2, 0.25) is 5.02 Å². The van der Waals surface area contributed by atoms with Gasteiger partial charge in [-0.2, -0.15) is 4.98 Å². The molecule has 0 saturated carbocycles. The zero-order valence-corrected chi connectivity index (χ0v) is 20.8. The van der Waals surface area contributed by atoms with Crippen LogP contribution in [0.15, 0.2) is 65.1 Å². The molecule has 194 valence electrons. The van der Waals surface area contributed by atoms with Crippen LogP contribution < -0.4 is 10.5 Å². The molecule has 2 aromatic heterocycles. The highest BCUT2D eigenvalue weighted by Gasteiger charge is 2.31. The van der Waals surface area contributed by atoms with Crippen molar-refractivity contribution in [2.75, 3.05) is 18.9 Å². The number of nitrogens with zero attached hydrogens (tertiary/aromatic N) is 3. The third kappa shape index (κ3) is 4.82. The van der Waals surface area contributed by atoms with Crippen molar-refractivity contribution < 1.29 is 24.1 Å². The lowest BCUT2D eigenvalue weighted by Gasteiger charge is -2.31. The van der Waals surface area contributed by atoms with Crippen molar-refractivity contribution in [1.29, 1.82) is 0 Å². The highest BCUT2D eigenvalue weighted by atomic mass is 35.5. The van der Waals surface area contributed by atoms with E-state index in [0.29, 0.717) is 28.9 Å². The van der Waals surface area contributed by atoms with E-state index in [2.05, 4.69) is 20.2 Å². The maximum absolute atomic E-state index is 10.1. The number of nitrogens with two attached hydrogens (primary N) is 1. The molecule has 5 N–H and O–H groups in total. The Labute approximate surface area is 222 Å². The van der Waals surface area contributed by atoms with Gasteiger partial charge < -0.3 is 34.8 Å². The molecule has 3 atom stereocenters. The lowest BCUT2D eigenvalue weighted by molar-refractivity contribution is -0.131. The standard InChI is InChI=1S/C27H24ClN5O5/c28-20-11-22-21(30-27(31-22)37-18-9-23(35)24(12-34)36-13-18)10-19(20)16-5-1-14(2-6-16)15-3-7-17(8-4-15)25-32-33-26(29)38-25/h1-8,10-11,18,23-24,34-35H,9,12-13H2,(H2,29,33)(H,30,31). The molecule has 1 aliphatic heterocycles. The van der Waals surface area contributed by atoms with Crippen LogP contribution in [-0.4, -0.2) is 61.9 Å². The number of benzene rings is 3. The third-order valence-corrected chi connectivity index (χ3v) is 6.85. The summed E-state index contributed by atoms with van der Waals surface area (Å²) in [5.74, 6) is 0.376. The maximum atomic E-state index is 10.1. The summed E-state index contributed by atoms with van der Waals surface area (Å²) in [5, 5.41) is 27.5. The number of hydrogen-bond acceptors (Lipinski definition) is 9. The number of rotatable bonds is 6. The largest absolute Gasteiger partial charge is 0.459 e. The summed E-state index contributed by atoms with van der Waals surface area (Å²) in [6.07, 6.45) is -1.42. The van der Waals surface area contributed by atoms with Gasteiger partial charge in [0, 0.05) is 17.5 Å². The number of fused-ring (bicyclic) bond motifs is 1. The predicted octanol–water partition coefficient (Wildman–Crippen LogP) is 4.07. The average molecular weight is 534 g/mol. The van der Waals surface area contributed by atoms with Gasteiger partial charge in [0.2, 0.25) is 5.89 Å². The zero-order chi connectivity index (χ0) is 26.2. The van der Waals surface area contributed by atoms with E-state index >= 15 is 0 Å². The van der Waals surface area contributed by atoms with Crippen LogP contribution in [-0.2, 0) is 4.74 Å². The van der Waals surface area contributed by atoms with Gasteiger partial charge in [0.05, 0.1) is 35.4 Å². The van der Waals surface area contributed by atoms with E-state index in [0.717, 1.165) is 33.3 Å². The lowest BCUT2D eigenvalue weighted by Crippen LogP contribution is -2.45. The van der Waals surface area contributed by atoms with Crippen LogP contribution in [0.4, 0.5) is 6.01 Å². The molecule has 0 aliphatic carbocycles. The number of H-pyrrole nitrogens is 1. The SMILES string of the molecule is Nc1nnc(-c2ccc(-c3ccc(-c4cc5nc(OC6COC(CO)C(O)C6)[nH]c5cc4Cl)cc3)cc2)o1. The first kappa shape index (κ1) is 24.4. The van der Waals surface area contributed by atoms with Crippen molar-refractivity contribution >= 4 is 28.6 Å². The first-order chi connectivity index (χ1) is 18.5. The fourth-order valence-corrected chi connectivity index (χ4v) is 4.80. The van der Waals surface area contributed by atoms with E-state index in [1.165, 1.54) is 0 Å². The second-order valence-electron chi connectivity index (χ2n) is 9.09. The number of aliphatic hydroxyl groups excluding tert-OH is 2. The number of aliphatic hydroxyl groups is 2. The van der Waals surface area contributed by atoms with E-state index in [-0.39, 0.29) is 25.3 Å². The van der Waals surface area contributed by atoms with Gasteiger partial charge in [-0.05, 0) is 41.0 Å². The highest BCUT2D eigenvalue weighted by Crippen LogP contribution is 2.34. The quantitative estimate of drug-likeness (QED) is 0.253. The van der Waals surface area contributed by atoms with E-state index in [4.69, 9.17) is 31.2 Å². The molecule has 10 nitrogen and oxygen atoms in total. The molecule has 1 fully saturated rings. The molecule has 0 spiro atoms. The Morgan fingerprint density at radius 2 is 1.68 bits per heavy atom. The minimum absolute atomic E-state index is 0.0331. The molecular weight excluding hydrogens is 510 g/mol. The van der Waals surface area contributed by atoms with Crippen molar-refractivity contribution in [2.24, 2.45) is 0 Å². The zero-order valence-electron chi connectivity index (χ0n) is 20.0. The number of hydrogen-bond donors (Lipinski definition) is 4. The summed E-state index contributed by atoms with van der Waals surface area (Å²) in [6, 6.07) is 19.9. The van der Waals surface area contributed by atoms with Gasteiger partial charge >= 0.3 is 6.01 Å². The van der Waals surface area contributed by atoms with Gasteiger partial charge in [0.15, 0.2) is 0 Å². The molecular formula is C27H24ClN5O5. The summed E-state index contributed by atoms with van der Waals surface area (Å²) in [6.45, 7) is 0.0242. The van der Waals surface area contributed by atoms with Crippen molar-refractivity contribution in [3.8, 4) is 39.7 Å². The van der Waals surface area contributed by atoms with Crippen molar-refractivity contribution in [3.63, 3.8) is 0 Å². The number of nitrogens with one attached hydrogen (secondary N) is 1. The molecule has 0 radical (unpaired) electrons. The minimum Gasteiger partial charge on any atom is -0.459 e. The number of anilines is 1. The summed E-state index contributed by atoms with van der Waals surface area (Å²) >= 11 is 6.63. The van der Waals surface area contributed by atoms with Crippen LogP contribution in [0.25, 0.3) is 44.7 Å². The Balaban J connectivity index is 1.19. The van der Waals surface area contributed by atoms with Crippen LogP contribution in [0.1, 0.15) is 6.42 Å². The molecule has 11 heteroatoms. The second-order valence-corrected chi connectivity index (χ2v) is 9.50. The number of imidazole rings is 1. The van der Waals surface area contributed by atoms with E-state index in [1.807, 2.05) is 60.7 Å². The molecule has 1 aliphatic rings. The smallest absolute Gasteiger partial charge is 0.313 e. The summed E-state index contributed by atoms with van der Waals surface area (Å²) in [7, 11) is 0. The second kappa shape index (κ2) is 10.1. The Hall–Kier alpha value is -3.96. The van der Waals surface area contributed by atoms with Crippen molar-refractivity contribution in [1.82, 2.24) is 20.2 Å². The van der Waals surface area contributed by atoms with Gasteiger partial charge in [-0.3, -0.25) is 0 Å². The normalized spacial score (nSPS) is 19.6. The van der Waals surface area contributed by atoms with E-state index in [9.17, 15) is 10.2 Å². The van der Waals surface area contributed by atoms with Crippen LogP contribution >= 0.6 is 11.6 Å². The molecule has 6 rings (SSSR count). The van der Waals surface area contributed by atoms with E-state index < -0.39 is 12.2 Å². The third-order valence-electron chi connectivity index (χ3n) is 6.54. The van der Waals surface area contributed by atoms with Gasteiger partial charge in [0.25, 0.3) is 6.01 Å². The maximum Gasteiger partial charge on any atom is 0.313 e. The molecule has 0 bridgehead atoms. The molecule has 5 aromatic rings. The number of aromatic amines is 1. The molecule has 1 saturated heterocycles. The van der Waals surface area contributed by atoms with E-state index in [1.54, 1.807) is 0 Å². The Bertz CT molecular complexity index is 1570. The first-order valence-electron chi connectivity index (χ1n) is 12.0. The number of halogens is 1. The Morgan fingerprint density at radius 3 is 2.32 bits per heavy atom. The summed E-state index contributed by atoms with van der Waals surface area (Å²) in [4.78, 5) is 7.67. The molecule has 3 heterocycles. The minimum atomic E-state index is -0.797. The topological polar surface area (TPSA) is 153 Å². The van der Waals surface area contributed by atoms with Crippen molar-refractivity contribution in [2.45, 2.75) is 24.7 Å². The van der Waals surface area contributed by atoms with Gasteiger partial charge in [0.1, 0.15) is 12.2 Å². The summed E-state index contributed by atoms with van der Waals surface area (Å²) in [5.41, 5.74) is 11.6. The Morgan fingerprint density at radius 1 is 1.00 bits per heavy atom. The molecule has 38 heavy (non-hydrogen) atoms. The number of nitrogen functional groups attached to an aromatic ring is 1. The predicted molar refractivity (Wildman–Crippen MR) is 142 cm³/mol. The van der Waals surface area contributed by atoms with Gasteiger partial charge in [-0.15, -0.1) is 5.10 Å². The van der Waals surface area contributed by atoms with Crippen molar-refractivity contribution in [3.05, 3.63) is 65.7 Å². The molecule has 3 aromatic carbocycles. The van der Waals surface area contributed by atoms with Crippen LogP contribution in [0, 0.1) is 0 Å². The Kier molecular flexibility index (Phi) is 6.46. The monoisotopic (exact) mass is 533 g/mol. The van der Waals surface area contributed by atoms with Crippen LogP contribution in [0.3, 0.4) is 0 Å². The number of aromatic nitrogens is 4. The fraction of sp³-hybridized carbons (Fsp3) is 0.222. The fourth-order valence-electron chi connectivity index (χ4n) is 4.53. The highest BCUT2D eigenvalue weighted by molar-refractivity contribution is 6.34.